The smallest absolute Gasteiger partial charge is 0.311 e. The van der Waals surface area contributed by atoms with Crippen LogP contribution >= 0.6 is 0 Å². The zero-order chi connectivity index (χ0) is 29.7. The van der Waals surface area contributed by atoms with Crippen molar-refractivity contribution in [1.29, 1.82) is 0 Å². The van der Waals surface area contributed by atoms with E-state index in [1.54, 1.807) is 30.5 Å². The lowest BCUT2D eigenvalue weighted by Gasteiger charge is -2.47. The molecule has 0 amide bonds. The highest BCUT2D eigenvalue weighted by atomic mass is 32.2. The molecule has 5 aromatic rings. The maximum atomic E-state index is 13.8. The third-order valence-corrected chi connectivity index (χ3v) is 10.6. The molecule has 43 heavy (non-hydrogen) atoms. The van der Waals surface area contributed by atoms with Gasteiger partial charge in [-0.1, -0.05) is 29.8 Å². The number of hydrogen-bond acceptors (Lipinski definition) is 9. The Hall–Kier alpha value is -4.38. The molecular weight excluding hydrogens is 564 g/mol. The zero-order valence-electron chi connectivity index (χ0n) is 24.0. The maximum Gasteiger partial charge on any atom is 0.311 e. The predicted molar refractivity (Wildman–Crippen MR) is 163 cm³/mol. The third-order valence-electron chi connectivity index (χ3n) is 8.94. The van der Waals surface area contributed by atoms with E-state index in [2.05, 4.69) is 15.3 Å². The number of carbonyl (C=O) groups is 1. The Labute approximate surface area is 249 Å². The Morgan fingerprint density at radius 1 is 1.00 bits per heavy atom. The number of ether oxygens (including phenoxy) is 1. The van der Waals surface area contributed by atoms with Gasteiger partial charge in [0.05, 0.1) is 22.9 Å². The average molecular weight is 597 g/mol. The number of benzene rings is 2. The summed E-state index contributed by atoms with van der Waals surface area (Å²) in [6.45, 7) is 4.09. The van der Waals surface area contributed by atoms with Crippen LogP contribution in [0.5, 0.6) is 0 Å². The van der Waals surface area contributed by atoms with E-state index >= 15 is 0 Å². The average Bonchev–Trinajstić information content (AvgIpc) is 3.43. The molecule has 0 unspecified atom stereocenters. The topological polar surface area (TPSA) is 129 Å². The maximum absolute atomic E-state index is 13.8. The molecule has 2 bridgehead atoms. The van der Waals surface area contributed by atoms with Crippen LogP contribution < -0.4 is 5.32 Å². The molecule has 1 N–H and O–H groups in total. The van der Waals surface area contributed by atoms with Gasteiger partial charge in [0, 0.05) is 34.8 Å². The van der Waals surface area contributed by atoms with E-state index in [1.807, 2.05) is 38.1 Å². The highest BCUT2D eigenvalue weighted by Crippen LogP contribution is 2.47. The van der Waals surface area contributed by atoms with Gasteiger partial charge in [-0.2, -0.15) is 0 Å². The molecule has 220 valence electrons. The van der Waals surface area contributed by atoms with Gasteiger partial charge in [0.2, 0.25) is 0 Å². The molecule has 3 aromatic heterocycles. The molecule has 0 radical (unpaired) electrons. The molecule has 11 heteroatoms. The first kappa shape index (κ1) is 27.5. The molecule has 2 aromatic carbocycles. The number of aryl methyl sites for hydroxylation is 1. The molecule has 0 aliphatic heterocycles. The van der Waals surface area contributed by atoms with Crippen molar-refractivity contribution >= 4 is 43.7 Å². The van der Waals surface area contributed by atoms with Gasteiger partial charge in [-0.15, -0.1) is 0 Å². The van der Waals surface area contributed by atoms with Gasteiger partial charge >= 0.3 is 5.97 Å². The van der Waals surface area contributed by atoms with E-state index < -0.39 is 10.0 Å². The fourth-order valence-corrected chi connectivity index (χ4v) is 8.15. The molecule has 3 heterocycles. The first-order valence-corrected chi connectivity index (χ1v) is 16.1. The summed E-state index contributed by atoms with van der Waals surface area (Å²) < 4.78 is 34.3. The molecule has 3 aliphatic carbocycles. The fraction of sp³-hybridized carbons (Fsp3) is 0.344. The number of anilines is 1. The van der Waals surface area contributed by atoms with Crippen LogP contribution in [0.4, 0.5) is 5.82 Å². The van der Waals surface area contributed by atoms with Crippen molar-refractivity contribution in [2.45, 2.75) is 50.5 Å². The Kier molecular flexibility index (Phi) is 6.84. The van der Waals surface area contributed by atoms with Crippen molar-refractivity contribution in [2.75, 3.05) is 11.9 Å². The van der Waals surface area contributed by atoms with Crippen LogP contribution in [-0.2, 0) is 19.6 Å². The van der Waals surface area contributed by atoms with Crippen LogP contribution in [0.3, 0.4) is 0 Å². The number of fused-ring (bicyclic) bond motifs is 5. The molecule has 3 aliphatic rings. The number of aromatic nitrogens is 5. The van der Waals surface area contributed by atoms with Gasteiger partial charge in [0.1, 0.15) is 12.1 Å². The van der Waals surface area contributed by atoms with Crippen LogP contribution in [0.1, 0.15) is 38.2 Å². The summed E-state index contributed by atoms with van der Waals surface area (Å²) in [5.74, 6) is 1.14. The first-order chi connectivity index (χ1) is 20.8. The molecule has 8 rings (SSSR count). The molecule has 10 nitrogen and oxygen atoms in total. The predicted octanol–water partition coefficient (Wildman–Crippen LogP) is 5.37. The van der Waals surface area contributed by atoms with Crippen molar-refractivity contribution in [3.8, 4) is 11.4 Å². The van der Waals surface area contributed by atoms with Crippen molar-refractivity contribution in [3.63, 3.8) is 0 Å². The second kappa shape index (κ2) is 10.7. The second-order valence-corrected chi connectivity index (χ2v) is 13.3. The van der Waals surface area contributed by atoms with Crippen LogP contribution in [-0.4, -0.2) is 50.9 Å². The third kappa shape index (κ3) is 4.71. The fourth-order valence-electron chi connectivity index (χ4n) is 6.82. The monoisotopic (exact) mass is 596 g/mol. The Balaban J connectivity index is 1.36. The summed E-state index contributed by atoms with van der Waals surface area (Å²) >= 11 is 0. The lowest BCUT2D eigenvalue weighted by atomic mass is 9.61. The minimum Gasteiger partial charge on any atom is -0.466 e. The number of carbonyl (C=O) groups excluding carboxylic acids is 1. The number of nitrogens with one attached hydrogen (secondary N) is 1. The van der Waals surface area contributed by atoms with Gasteiger partial charge in [-0.25, -0.2) is 32.3 Å². The van der Waals surface area contributed by atoms with Gasteiger partial charge in [0.15, 0.2) is 11.5 Å². The Morgan fingerprint density at radius 3 is 2.51 bits per heavy atom. The van der Waals surface area contributed by atoms with Gasteiger partial charge < -0.3 is 10.1 Å². The van der Waals surface area contributed by atoms with Gasteiger partial charge in [0.25, 0.3) is 10.0 Å². The van der Waals surface area contributed by atoms with Crippen LogP contribution in [0.15, 0.2) is 72.1 Å². The SMILES string of the molecule is CCOC(=O)[C@H]1C2CCC(CC2)[C@@H]1Nc1nc(-c2cn(S(=O)(=O)c3ccc(C)cc3)c3ncncc23)nc2ccccc12. The number of hydrogen-bond donors (Lipinski definition) is 1. The summed E-state index contributed by atoms with van der Waals surface area (Å²) in [5, 5.41) is 5.00. The molecule has 3 saturated carbocycles. The minimum atomic E-state index is -3.97. The summed E-state index contributed by atoms with van der Waals surface area (Å²) in [4.78, 5) is 31.7. The second-order valence-electron chi connectivity index (χ2n) is 11.5. The highest BCUT2D eigenvalue weighted by Gasteiger charge is 2.48. The lowest BCUT2D eigenvalue weighted by Crippen LogP contribution is -2.52. The quantitative estimate of drug-likeness (QED) is 0.247. The summed E-state index contributed by atoms with van der Waals surface area (Å²) in [7, 11) is -3.97. The first-order valence-electron chi connectivity index (χ1n) is 14.7. The van der Waals surface area contributed by atoms with Crippen LogP contribution in [0.25, 0.3) is 33.3 Å². The van der Waals surface area contributed by atoms with Crippen LogP contribution in [0, 0.1) is 24.7 Å². The normalized spacial score (nSPS) is 21.7. The number of esters is 1. The molecule has 0 spiro atoms. The molecule has 2 atom stereocenters. The van der Waals surface area contributed by atoms with E-state index in [0.29, 0.717) is 40.6 Å². The van der Waals surface area contributed by atoms with Crippen molar-refractivity contribution in [1.82, 2.24) is 23.9 Å². The number of rotatable bonds is 7. The zero-order valence-corrected chi connectivity index (χ0v) is 24.8. The number of para-hydroxylation sites is 1. The Morgan fingerprint density at radius 2 is 1.74 bits per heavy atom. The van der Waals surface area contributed by atoms with Crippen molar-refractivity contribution in [3.05, 3.63) is 72.8 Å². The minimum absolute atomic E-state index is 0.121. The molecular formula is C32H32N6O4S. The van der Waals surface area contributed by atoms with Crippen molar-refractivity contribution < 1.29 is 17.9 Å². The molecule has 3 fully saturated rings. The van der Waals surface area contributed by atoms with E-state index in [1.165, 1.54) is 16.5 Å². The van der Waals surface area contributed by atoms with Gasteiger partial charge in [-0.3, -0.25) is 4.79 Å². The summed E-state index contributed by atoms with van der Waals surface area (Å²) in [6.07, 6.45) is 8.59. The van der Waals surface area contributed by atoms with E-state index in [4.69, 9.17) is 14.7 Å². The van der Waals surface area contributed by atoms with E-state index in [0.717, 1.165) is 36.6 Å². The summed E-state index contributed by atoms with van der Waals surface area (Å²) in [6, 6.07) is 14.3. The van der Waals surface area contributed by atoms with Crippen molar-refractivity contribution in [2.24, 2.45) is 17.8 Å². The summed E-state index contributed by atoms with van der Waals surface area (Å²) in [5.41, 5.74) is 2.39. The largest absolute Gasteiger partial charge is 0.466 e. The highest BCUT2D eigenvalue weighted by molar-refractivity contribution is 7.90. The number of nitrogens with zero attached hydrogens (tertiary/aromatic N) is 5. The van der Waals surface area contributed by atoms with Crippen LogP contribution in [0.2, 0.25) is 0 Å². The standard InChI is InChI=1S/C32H32N6O4S/c1-3-42-32(39)27-20-10-12-21(13-11-20)28(27)36-29-23-6-4-5-7-26(23)35-30(37-29)25-17-38(31-24(25)16-33-18-34-31)43(40,41)22-14-8-19(2)9-15-22/h4-9,14-18,20-21,27-28H,3,10-13H2,1-2H3,(H,35,36,37)/t20?,21?,27-,28-/m0/s1. The van der Waals surface area contributed by atoms with E-state index in [-0.39, 0.29) is 34.4 Å². The van der Waals surface area contributed by atoms with Gasteiger partial charge in [-0.05, 0) is 75.6 Å². The van der Waals surface area contributed by atoms with E-state index in [9.17, 15) is 13.2 Å². The lowest BCUT2D eigenvalue weighted by molar-refractivity contribution is -0.154. The molecule has 0 saturated heterocycles. The Bertz CT molecular complexity index is 1950.